The number of carbonyl (C=O) groups is 3. The number of benzene rings is 1. The minimum Gasteiger partial charge on any atom is -0.480 e. The highest BCUT2D eigenvalue weighted by Crippen LogP contribution is 2.25. The van der Waals surface area contributed by atoms with E-state index in [1.807, 2.05) is 0 Å². The van der Waals surface area contributed by atoms with E-state index >= 15 is 0 Å². The molecule has 5 N–H and O–H groups in total. The smallest absolute Gasteiger partial charge is 0.326 e. The first-order chi connectivity index (χ1) is 9.79. The number of aliphatic carboxylic acids is 1. The van der Waals surface area contributed by atoms with Crippen LogP contribution < -0.4 is 16.4 Å². The second-order valence-corrected chi connectivity index (χ2v) is 4.96. The predicted molar refractivity (Wildman–Crippen MR) is 78.5 cm³/mol. The third kappa shape index (κ3) is 5.88. The van der Waals surface area contributed by atoms with Crippen LogP contribution in [-0.2, 0) is 9.59 Å². The number of anilines is 1. The molecule has 1 aromatic rings. The number of carboxylic acid groups (broad SMARTS) is 1. The van der Waals surface area contributed by atoms with Crippen molar-refractivity contribution in [3.8, 4) is 0 Å². The first-order valence-electron chi connectivity index (χ1n) is 5.83. The zero-order chi connectivity index (χ0) is 16.0. The van der Waals surface area contributed by atoms with E-state index in [4.69, 9.17) is 34.0 Å². The van der Waals surface area contributed by atoms with Gasteiger partial charge in [0.15, 0.2) is 0 Å². The molecule has 0 aliphatic heterocycles. The number of urea groups is 1. The summed E-state index contributed by atoms with van der Waals surface area (Å²) >= 11 is 11.6. The van der Waals surface area contributed by atoms with Crippen LogP contribution in [0.3, 0.4) is 0 Å². The van der Waals surface area contributed by atoms with Gasteiger partial charge in [0.2, 0.25) is 5.91 Å². The molecule has 0 radical (unpaired) electrons. The summed E-state index contributed by atoms with van der Waals surface area (Å²) in [5.74, 6) is -1.93. The predicted octanol–water partition coefficient (Wildman–Crippen LogP) is 1.83. The van der Waals surface area contributed by atoms with Gasteiger partial charge in [-0.2, -0.15) is 0 Å². The molecule has 1 rings (SSSR count). The molecule has 21 heavy (non-hydrogen) atoms. The zero-order valence-electron chi connectivity index (χ0n) is 10.7. The number of rotatable bonds is 6. The molecular formula is C12H13Cl2N3O4. The van der Waals surface area contributed by atoms with E-state index in [-0.39, 0.29) is 23.6 Å². The molecule has 0 bridgehead atoms. The highest BCUT2D eigenvalue weighted by atomic mass is 35.5. The molecule has 0 spiro atoms. The van der Waals surface area contributed by atoms with Crippen LogP contribution in [0, 0.1) is 0 Å². The summed E-state index contributed by atoms with van der Waals surface area (Å²) in [6, 6.07) is 2.43. The highest BCUT2D eigenvalue weighted by molar-refractivity contribution is 6.35. The van der Waals surface area contributed by atoms with Crippen molar-refractivity contribution in [3.63, 3.8) is 0 Å². The Morgan fingerprint density at radius 2 is 1.95 bits per heavy atom. The fraction of sp³-hybridized carbons (Fsp3) is 0.250. The molecule has 3 amide bonds. The number of halogens is 2. The van der Waals surface area contributed by atoms with Crippen molar-refractivity contribution in [2.24, 2.45) is 5.73 Å². The Balaban J connectivity index is 2.67. The van der Waals surface area contributed by atoms with Crippen molar-refractivity contribution in [2.75, 3.05) is 5.32 Å². The van der Waals surface area contributed by atoms with E-state index < -0.39 is 23.9 Å². The normalized spacial score (nSPS) is 11.5. The van der Waals surface area contributed by atoms with Gasteiger partial charge in [0.25, 0.3) is 0 Å². The van der Waals surface area contributed by atoms with E-state index in [9.17, 15) is 14.4 Å². The average molecular weight is 334 g/mol. The largest absolute Gasteiger partial charge is 0.480 e. The SMILES string of the molecule is NC(=O)CC[C@H](NC(=O)Nc1cc(Cl)ccc1Cl)C(=O)O. The van der Waals surface area contributed by atoms with Gasteiger partial charge in [-0.05, 0) is 24.6 Å². The summed E-state index contributed by atoms with van der Waals surface area (Å²) in [6.45, 7) is 0. The molecule has 0 aliphatic carbocycles. The van der Waals surface area contributed by atoms with Crippen molar-refractivity contribution in [1.82, 2.24) is 5.32 Å². The fourth-order valence-corrected chi connectivity index (χ4v) is 1.79. The number of carbonyl (C=O) groups excluding carboxylic acids is 2. The van der Waals surface area contributed by atoms with Gasteiger partial charge in [0.1, 0.15) is 6.04 Å². The van der Waals surface area contributed by atoms with Crippen LogP contribution in [0.1, 0.15) is 12.8 Å². The molecule has 114 valence electrons. The van der Waals surface area contributed by atoms with Crippen LogP contribution in [0.15, 0.2) is 18.2 Å². The van der Waals surface area contributed by atoms with Crippen molar-refractivity contribution in [1.29, 1.82) is 0 Å². The molecule has 7 nitrogen and oxygen atoms in total. The molecular weight excluding hydrogens is 321 g/mol. The van der Waals surface area contributed by atoms with E-state index in [0.29, 0.717) is 5.02 Å². The van der Waals surface area contributed by atoms with Crippen molar-refractivity contribution < 1.29 is 19.5 Å². The van der Waals surface area contributed by atoms with Gasteiger partial charge < -0.3 is 21.5 Å². The minimum atomic E-state index is -1.27. The van der Waals surface area contributed by atoms with Crippen LogP contribution in [0.25, 0.3) is 0 Å². The lowest BCUT2D eigenvalue weighted by Crippen LogP contribution is -2.43. The Labute approximate surface area is 130 Å². The molecule has 0 aliphatic rings. The number of nitrogens with one attached hydrogen (secondary N) is 2. The summed E-state index contributed by atoms with van der Waals surface area (Å²) in [5.41, 5.74) is 5.18. The standard InChI is InChI=1S/C12H13Cl2N3O4/c13-6-1-2-7(14)9(5-6)17-12(21)16-8(11(19)20)3-4-10(15)18/h1-2,5,8H,3-4H2,(H2,15,18)(H,19,20)(H2,16,17,21)/t8-/m0/s1. The van der Waals surface area contributed by atoms with Gasteiger partial charge in [-0.15, -0.1) is 0 Å². The minimum absolute atomic E-state index is 0.110. The Bertz CT molecular complexity index is 565. The number of primary amides is 1. The number of carboxylic acids is 1. The Morgan fingerprint density at radius 1 is 1.29 bits per heavy atom. The van der Waals surface area contributed by atoms with E-state index in [1.165, 1.54) is 12.1 Å². The van der Waals surface area contributed by atoms with E-state index in [1.54, 1.807) is 6.07 Å². The molecule has 0 saturated carbocycles. The Kier molecular flexibility index (Phi) is 6.26. The van der Waals surface area contributed by atoms with Gasteiger partial charge >= 0.3 is 12.0 Å². The molecule has 9 heteroatoms. The third-order valence-electron chi connectivity index (χ3n) is 2.46. The summed E-state index contributed by atoms with van der Waals surface area (Å²) in [6.07, 6.45) is -0.267. The van der Waals surface area contributed by atoms with Crippen LogP contribution >= 0.6 is 23.2 Å². The fourth-order valence-electron chi connectivity index (χ4n) is 1.45. The average Bonchev–Trinajstić information content (AvgIpc) is 2.38. The second-order valence-electron chi connectivity index (χ2n) is 4.12. The third-order valence-corrected chi connectivity index (χ3v) is 3.02. The van der Waals surface area contributed by atoms with E-state index in [2.05, 4.69) is 10.6 Å². The Morgan fingerprint density at radius 3 is 2.52 bits per heavy atom. The maximum atomic E-state index is 11.7. The summed E-state index contributed by atoms with van der Waals surface area (Å²) in [5, 5.41) is 14.2. The lowest BCUT2D eigenvalue weighted by atomic mass is 10.1. The lowest BCUT2D eigenvalue weighted by molar-refractivity contribution is -0.139. The number of hydrogen-bond acceptors (Lipinski definition) is 3. The first kappa shape index (κ1) is 17.1. The maximum absolute atomic E-state index is 11.7. The van der Waals surface area contributed by atoms with Gasteiger partial charge in [0, 0.05) is 11.4 Å². The van der Waals surface area contributed by atoms with Crippen LogP contribution in [0.5, 0.6) is 0 Å². The van der Waals surface area contributed by atoms with Crippen molar-refractivity contribution >= 4 is 46.8 Å². The molecule has 0 aromatic heterocycles. The first-order valence-corrected chi connectivity index (χ1v) is 6.59. The monoisotopic (exact) mass is 333 g/mol. The van der Waals surface area contributed by atoms with E-state index in [0.717, 1.165) is 0 Å². The molecule has 0 heterocycles. The second kappa shape index (κ2) is 7.70. The summed E-state index contributed by atoms with van der Waals surface area (Å²) < 4.78 is 0. The molecule has 1 aromatic carbocycles. The van der Waals surface area contributed by atoms with Crippen molar-refractivity contribution in [2.45, 2.75) is 18.9 Å². The molecule has 0 fully saturated rings. The zero-order valence-corrected chi connectivity index (χ0v) is 12.2. The number of amides is 3. The van der Waals surface area contributed by atoms with Gasteiger partial charge in [0.05, 0.1) is 10.7 Å². The van der Waals surface area contributed by atoms with Gasteiger partial charge in [-0.3, -0.25) is 4.79 Å². The van der Waals surface area contributed by atoms with Gasteiger partial charge in [-0.25, -0.2) is 9.59 Å². The number of nitrogens with two attached hydrogens (primary N) is 1. The molecule has 0 saturated heterocycles. The number of hydrogen-bond donors (Lipinski definition) is 4. The summed E-state index contributed by atoms with van der Waals surface area (Å²) in [7, 11) is 0. The lowest BCUT2D eigenvalue weighted by Gasteiger charge is -2.15. The summed E-state index contributed by atoms with van der Waals surface area (Å²) in [4.78, 5) is 33.4. The Hall–Kier alpha value is -1.99. The van der Waals surface area contributed by atoms with Crippen LogP contribution in [0.2, 0.25) is 10.0 Å². The van der Waals surface area contributed by atoms with Crippen LogP contribution in [-0.4, -0.2) is 29.1 Å². The van der Waals surface area contributed by atoms with Crippen molar-refractivity contribution in [3.05, 3.63) is 28.2 Å². The van der Waals surface area contributed by atoms with Gasteiger partial charge in [-0.1, -0.05) is 23.2 Å². The highest BCUT2D eigenvalue weighted by Gasteiger charge is 2.20. The molecule has 1 atom stereocenters. The quantitative estimate of drug-likeness (QED) is 0.634. The topological polar surface area (TPSA) is 122 Å². The van der Waals surface area contributed by atoms with Crippen LogP contribution in [0.4, 0.5) is 10.5 Å². The molecule has 0 unspecified atom stereocenters. The maximum Gasteiger partial charge on any atom is 0.326 e.